The van der Waals surface area contributed by atoms with Crippen molar-refractivity contribution in [1.82, 2.24) is 0 Å². The summed E-state index contributed by atoms with van der Waals surface area (Å²) in [5, 5.41) is 0. The van der Waals surface area contributed by atoms with Gasteiger partial charge in [-0.25, -0.2) is 0 Å². The summed E-state index contributed by atoms with van der Waals surface area (Å²) in [4.78, 5) is 9.39. The standard InChI is InChI=1S/C5H6O2.2CH4/c1-2-3-4-7-5-6;;/h1,5H,3-4H2;2*1H4. The summed E-state index contributed by atoms with van der Waals surface area (Å²) >= 11 is 0. The van der Waals surface area contributed by atoms with Crippen LogP contribution in [0, 0.1) is 12.3 Å². The molecular weight excluding hydrogens is 116 g/mol. The molecule has 0 bridgehead atoms. The normalized spacial score (nSPS) is 5.22. The van der Waals surface area contributed by atoms with Gasteiger partial charge in [0, 0.05) is 6.42 Å². The topological polar surface area (TPSA) is 26.3 Å². The number of terminal acetylenes is 1. The lowest BCUT2D eigenvalue weighted by Crippen LogP contribution is -1.87. The Labute approximate surface area is 57.2 Å². The zero-order valence-corrected chi connectivity index (χ0v) is 3.89. The number of carbonyl (C=O) groups excluding carboxylic acids is 1. The van der Waals surface area contributed by atoms with Crippen LogP contribution in [0.3, 0.4) is 0 Å². The molecule has 0 radical (unpaired) electrons. The average molecular weight is 130 g/mol. The molecule has 9 heavy (non-hydrogen) atoms. The Balaban J connectivity index is -0.000000180. The van der Waals surface area contributed by atoms with E-state index in [0.29, 0.717) is 19.5 Å². The van der Waals surface area contributed by atoms with Crippen LogP contribution >= 0.6 is 0 Å². The van der Waals surface area contributed by atoms with E-state index in [1.165, 1.54) is 0 Å². The van der Waals surface area contributed by atoms with Gasteiger partial charge in [0.25, 0.3) is 6.47 Å². The van der Waals surface area contributed by atoms with E-state index in [0.717, 1.165) is 0 Å². The second-order valence-corrected chi connectivity index (χ2v) is 0.921. The van der Waals surface area contributed by atoms with Gasteiger partial charge in [-0.2, -0.15) is 0 Å². The van der Waals surface area contributed by atoms with Crippen molar-refractivity contribution in [3.05, 3.63) is 0 Å². The molecule has 0 unspecified atom stereocenters. The van der Waals surface area contributed by atoms with Crippen molar-refractivity contribution in [2.24, 2.45) is 0 Å². The van der Waals surface area contributed by atoms with E-state index < -0.39 is 0 Å². The van der Waals surface area contributed by atoms with Crippen LogP contribution in [0.25, 0.3) is 0 Å². The molecule has 0 N–H and O–H groups in total. The Morgan fingerprint density at radius 1 is 1.56 bits per heavy atom. The van der Waals surface area contributed by atoms with E-state index in [-0.39, 0.29) is 14.9 Å². The number of carbonyl (C=O) groups is 1. The highest BCUT2D eigenvalue weighted by Gasteiger charge is 1.74. The molecule has 0 aromatic rings. The fourth-order valence-electron chi connectivity index (χ4n) is 0.166. The van der Waals surface area contributed by atoms with Crippen LogP contribution in [-0.4, -0.2) is 13.1 Å². The Kier molecular flexibility index (Phi) is 27.4. The van der Waals surface area contributed by atoms with E-state index in [4.69, 9.17) is 6.42 Å². The Bertz CT molecular complexity index is 81.4. The maximum atomic E-state index is 9.39. The van der Waals surface area contributed by atoms with Crippen LogP contribution in [0.5, 0.6) is 0 Å². The van der Waals surface area contributed by atoms with Crippen molar-refractivity contribution in [3.63, 3.8) is 0 Å². The predicted octanol–water partition coefficient (Wildman–Crippen LogP) is 1.45. The second-order valence-electron chi connectivity index (χ2n) is 0.921. The van der Waals surface area contributed by atoms with Crippen molar-refractivity contribution in [2.75, 3.05) is 6.61 Å². The number of hydrogen-bond donors (Lipinski definition) is 0. The molecule has 2 heteroatoms. The lowest BCUT2D eigenvalue weighted by atomic mass is 10.5. The van der Waals surface area contributed by atoms with E-state index in [2.05, 4.69) is 10.7 Å². The lowest BCUT2D eigenvalue weighted by Gasteiger charge is -1.86. The van der Waals surface area contributed by atoms with Gasteiger partial charge in [0.1, 0.15) is 6.61 Å². The number of ether oxygens (including phenoxy) is 1. The minimum absolute atomic E-state index is 0. The number of rotatable bonds is 3. The summed E-state index contributed by atoms with van der Waals surface area (Å²) < 4.78 is 4.25. The third-order valence-corrected chi connectivity index (χ3v) is 0.432. The van der Waals surface area contributed by atoms with Crippen LogP contribution < -0.4 is 0 Å². The molecule has 0 saturated heterocycles. The Morgan fingerprint density at radius 2 is 2.11 bits per heavy atom. The van der Waals surface area contributed by atoms with Gasteiger partial charge in [0.15, 0.2) is 0 Å². The van der Waals surface area contributed by atoms with Gasteiger partial charge in [0.2, 0.25) is 0 Å². The fraction of sp³-hybridized carbons (Fsp3) is 0.571. The maximum absolute atomic E-state index is 9.39. The molecule has 0 atom stereocenters. The first-order chi connectivity index (χ1) is 3.41. The summed E-state index contributed by atoms with van der Waals surface area (Å²) in [6.45, 7) is 0.720. The molecule has 0 aromatic carbocycles. The smallest absolute Gasteiger partial charge is 0.293 e. The third kappa shape index (κ3) is 19.4. The quantitative estimate of drug-likeness (QED) is 0.328. The van der Waals surface area contributed by atoms with E-state index in [9.17, 15) is 4.79 Å². The minimum Gasteiger partial charge on any atom is -0.467 e. The van der Waals surface area contributed by atoms with Gasteiger partial charge in [0.05, 0.1) is 0 Å². The molecule has 0 amide bonds. The fourth-order valence-corrected chi connectivity index (χ4v) is 0.166. The highest BCUT2D eigenvalue weighted by atomic mass is 16.5. The third-order valence-electron chi connectivity index (χ3n) is 0.432. The Hall–Kier alpha value is -0.970. The Morgan fingerprint density at radius 3 is 2.44 bits per heavy atom. The molecule has 0 heterocycles. The summed E-state index contributed by atoms with van der Waals surface area (Å²) in [6.07, 6.45) is 5.32. The van der Waals surface area contributed by atoms with Crippen LogP contribution in [-0.2, 0) is 9.53 Å². The monoisotopic (exact) mass is 130 g/mol. The highest BCUT2D eigenvalue weighted by Crippen LogP contribution is 1.72. The summed E-state index contributed by atoms with van der Waals surface area (Å²) in [7, 11) is 0. The summed E-state index contributed by atoms with van der Waals surface area (Å²) in [5.41, 5.74) is 0. The van der Waals surface area contributed by atoms with Crippen molar-refractivity contribution in [2.45, 2.75) is 21.3 Å². The van der Waals surface area contributed by atoms with Crippen molar-refractivity contribution < 1.29 is 9.53 Å². The molecule has 0 aliphatic heterocycles. The van der Waals surface area contributed by atoms with Crippen LogP contribution in [0.2, 0.25) is 0 Å². The predicted molar refractivity (Wildman–Crippen MR) is 38.9 cm³/mol. The van der Waals surface area contributed by atoms with Gasteiger partial charge >= 0.3 is 0 Å². The van der Waals surface area contributed by atoms with Gasteiger partial charge in [-0.1, -0.05) is 14.9 Å². The number of hydrogen-bond acceptors (Lipinski definition) is 2. The summed E-state index contributed by atoms with van der Waals surface area (Å²) in [6, 6.07) is 0. The molecule has 2 nitrogen and oxygen atoms in total. The molecule has 0 fully saturated rings. The van der Waals surface area contributed by atoms with Gasteiger partial charge in [-0.05, 0) is 0 Å². The first-order valence-corrected chi connectivity index (χ1v) is 1.90. The van der Waals surface area contributed by atoms with Gasteiger partial charge in [-0.15, -0.1) is 12.3 Å². The molecule has 0 rings (SSSR count). The SMILES string of the molecule is C.C.C#CCCOC=O. The first-order valence-electron chi connectivity index (χ1n) is 1.90. The minimum atomic E-state index is 0. The van der Waals surface area contributed by atoms with Gasteiger partial charge in [-0.3, -0.25) is 4.79 Å². The molecule has 0 aliphatic rings. The molecule has 0 aromatic heterocycles. The highest BCUT2D eigenvalue weighted by molar-refractivity contribution is 5.36. The molecule has 0 aliphatic carbocycles. The molecule has 0 saturated carbocycles. The average Bonchev–Trinajstić information content (AvgIpc) is 1.69. The first kappa shape index (κ1) is 15.7. The lowest BCUT2D eigenvalue weighted by molar-refractivity contribution is -0.128. The van der Waals surface area contributed by atoms with Crippen molar-refractivity contribution >= 4 is 6.47 Å². The van der Waals surface area contributed by atoms with Crippen LogP contribution in [0.4, 0.5) is 0 Å². The largest absolute Gasteiger partial charge is 0.467 e. The van der Waals surface area contributed by atoms with Crippen LogP contribution in [0.1, 0.15) is 21.3 Å². The maximum Gasteiger partial charge on any atom is 0.293 e. The molecular formula is C7H14O2. The van der Waals surface area contributed by atoms with Crippen LogP contribution in [0.15, 0.2) is 0 Å². The van der Waals surface area contributed by atoms with E-state index in [1.54, 1.807) is 0 Å². The van der Waals surface area contributed by atoms with Crippen molar-refractivity contribution in [1.29, 1.82) is 0 Å². The molecule has 0 spiro atoms. The molecule has 54 valence electrons. The summed E-state index contributed by atoms with van der Waals surface area (Å²) in [5.74, 6) is 2.32. The zero-order valence-electron chi connectivity index (χ0n) is 3.89. The van der Waals surface area contributed by atoms with E-state index >= 15 is 0 Å². The van der Waals surface area contributed by atoms with E-state index in [1.807, 2.05) is 0 Å². The van der Waals surface area contributed by atoms with Gasteiger partial charge < -0.3 is 4.74 Å². The van der Waals surface area contributed by atoms with Crippen molar-refractivity contribution in [3.8, 4) is 12.3 Å². The zero-order chi connectivity index (χ0) is 5.54. The second kappa shape index (κ2) is 15.7.